The highest BCUT2D eigenvalue weighted by molar-refractivity contribution is 5.94. The van der Waals surface area contributed by atoms with Gasteiger partial charge in [-0.15, -0.1) is 0 Å². The van der Waals surface area contributed by atoms with Gasteiger partial charge in [0, 0.05) is 37.5 Å². The average molecular weight is 400 g/mol. The first-order chi connectivity index (χ1) is 14.0. The molecule has 1 aromatic carbocycles. The van der Waals surface area contributed by atoms with Crippen molar-refractivity contribution in [1.82, 2.24) is 19.6 Å². The Morgan fingerprint density at radius 3 is 2.69 bits per heavy atom. The van der Waals surface area contributed by atoms with Crippen LogP contribution in [0.25, 0.3) is 0 Å². The fourth-order valence-corrected chi connectivity index (χ4v) is 4.52. The molecule has 0 bridgehead atoms. The van der Waals surface area contributed by atoms with Crippen LogP contribution in [-0.4, -0.2) is 64.4 Å². The Labute approximate surface area is 171 Å². The molecule has 0 aliphatic carbocycles. The fourth-order valence-electron chi connectivity index (χ4n) is 4.52. The first-order valence-electron chi connectivity index (χ1n) is 10.4. The summed E-state index contributed by atoms with van der Waals surface area (Å²) in [5, 5.41) is 4.32. The number of hydrogen-bond donors (Lipinski definition) is 0. The van der Waals surface area contributed by atoms with Crippen LogP contribution in [-0.2, 0) is 11.8 Å². The lowest BCUT2D eigenvalue weighted by molar-refractivity contribution is -0.0741. The van der Waals surface area contributed by atoms with Gasteiger partial charge in [0.25, 0.3) is 5.91 Å². The molecule has 2 unspecified atom stereocenters. The van der Waals surface area contributed by atoms with Crippen LogP contribution in [0.2, 0.25) is 0 Å². The monoisotopic (exact) mass is 400 g/mol. The maximum atomic E-state index is 13.9. The molecule has 1 amide bonds. The zero-order valence-corrected chi connectivity index (χ0v) is 17.2. The number of halogens is 1. The predicted molar refractivity (Wildman–Crippen MR) is 108 cm³/mol. The van der Waals surface area contributed by atoms with Gasteiger partial charge in [-0.05, 0) is 56.6 Å². The van der Waals surface area contributed by atoms with Crippen LogP contribution in [0.1, 0.15) is 46.8 Å². The van der Waals surface area contributed by atoms with E-state index in [0.717, 1.165) is 30.8 Å². The molecule has 0 spiro atoms. The number of morpholine rings is 1. The summed E-state index contributed by atoms with van der Waals surface area (Å²) in [7, 11) is 1.87. The Morgan fingerprint density at radius 1 is 1.21 bits per heavy atom. The summed E-state index contributed by atoms with van der Waals surface area (Å²) in [6.07, 6.45) is 7.30. The van der Waals surface area contributed by atoms with Gasteiger partial charge >= 0.3 is 0 Å². The standard InChI is InChI=1S/C22H29FN4O2/c1-16-10-17(12-19(23)11-16)22(28)27-8-9-29-20(15-26-6-4-3-5-7-26)21(27)18-13-24-25(2)14-18/h10-14,20-21H,3-9,15H2,1-2H3. The van der Waals surface area contributed by atoms with Crippen molar-refractivity contribution in [3.8, 4) is 0 Å². The molecule has 2 fully saturated rings. The molecule has 29 heavy (non-hydrogen) atoms. The molecule has 2 saturated heterocycles. The van der Waals surface area contributed by atoms with E-state index in [2.05, 4.69) is 10.00 Å². The van der Waals surface area contributed by atoms with E-state index >= 15 is 0 Å². The lowest BCUT2D eigenvalue weighted by Crippen LogP contribution is -2.52. The third kappa shape index (κ3) is 4.51. The third-order valence-electron chi connectivity index (χ3n) is 5.86. The summed E-state index contributed by atoms with van der Waals surface area (Å²) in [6, 6.07) is 4.27. The Morgan fingerprint density at radius 2 is 2.00 bits per heavy atom. The minimum atomic E-state index is -0.385. The minimum absolute atomic E-state index is 0.135. The third-order valence-corrected chi connectivity index (χ3v) is 5.86. The molecule has 2 aliphatic heterocycles. The molecule has 156 valence electrons. The zero-order valence-electron chi connectivity index (χ0n) is 17.2. The molecule has 0 N–H and O–H groups in total. The first kappa shape index (κ1) is 20.0. The highest BCUT2D eigenvalue weighted by atomic mass is 19.1. The predicted octanol–water partition coefficient (Wildman–Crippen LogP) is 2.94. The molecular formula is C22H29FN4O2. The number of hydrogen-bond acceptors (Lipinski definition) is 4. The van der Waals surface area contributed by atoms with Crippen molar-refractivity contribution in [2.75, 3.05) is 32.8 Å². The summed E-state index contributed by atoms with van der Waals surface area (Å²) in [5.74, 6) is -0.544. The molecular weight excluding hydrogens is 371 g/mol. The lowest BCUT2D eigenvalue weighted by atomic mass is 9.98. The molecule has 2 aromatic rings. The normalized spacial score (nSPS) is 23.3. The van der Waals surface area contributed by atoms with Crippen LogP contribution >= 0.6 is 0 Å². The van der Waals surface area contributed by atoms with E-state index in [1.165, 1.54) is 31.4 Å². The van der Waals surface area contributed by atoms with E-state index in [-0.39, 0.29) is 23.9 Å². The fraction of sp³-hybridized carbons (Fsp3) is 0.545. The molecule has 3 heterocycles. The van der Waals surface area contributed by atoms with E-state index in [9.17, 15) is 9.18 Å². The first-order valence-corrected chi connectivity index (χ1v) is 10.4. The maximum absolute atomic E-state index is 13.9. The quantitative estimate of drug-likeness (QED) is 0.792. The van der Waals surface area contributed by atoms with Crippen molar-refractivity contribution in [2.24, 2.45) is 7.05 Å². The number of ether oxygens (including phenoxy) is 1. The topological polar surface area (TPSA) is 50.6 Å². The van der Waals surface area contributed by atoms with Crippen LogP contribution in [0.5, 0.6) is 0 Å². The number of amides is 1. The van der Waals surface area contributed by atoms with E-state index in [4.69, 9.17) is 4.74 Å². The van der Waals surface area contributed by atoms with E-state index in [1.54, 1.807) is 23.9 Å². The number of aryl methyl sites for hydroxylation is 2. The smallest absolute Gasteiger partial charge is 0.254 e. The second kappa shape index (κ2) is 8.63. The van der Waals surface area contributed by atoms with Gasteiger partial charge in [0.15, 0.2) is 0 Å². The molecule has 6 nitrogen and oxygen atoms in total. The Kier molecular flexibility index (Phi) is 5.96. The van der Waals surface area contributed by atoms with Crippen LogP contribution < -0.4 is 0 Å². The number of likely N-dealkylation sites (tertiary alicyclic amines) is 1. The van der Waals surface area contributed by atoms with Gasteiger partial charge in [0.2, 0.25) is 0 Å². The number of piperidine rings is 1. The lowest BCUT2D eigenvalue weighted by Gasteiger charge is -2.43. The SMILES string of the molecule is Cc1cc(F)cc(C(=O)N2CCOC(CN3CCCCC3)C2c2cnn(C)c2)c1. The highest BCUT2D eigenvalue weighted by Crippen LogP contribution is 2.32. The number of carbonyl (C=O) groups excluding carboxylic acids is 1. The van der Waals surface area contributed by atoms with Gasteiger partial charge in [-0.1, -0.05) is 6.42 Å². The summed E-state index contributed by atoms with van der Waals surface area (Å²) < 4.78 is 21.9. The molecule has 4 rings (SSSR count). The Hall–Kier alpha value is -2.25. The minimum Gasteiger partial charge on any atom is -0.373 e. The van der Waals surface area contributed by atoms with Crippen LogP contribution in [0.3, 0.4) is 0 Å². The van der Waals surface area contributed by atoms with E-state index in [1.807, 2.05) is 18.1 Å². The van der Waals surface area contributed by atoms with Crippen molar-refractivity contribution in [2.45, 2.75) is 38.3 Å². The van der Waals surface area contributed by atoms with Crippen molar-refractivity contribution >= 4 is 5.91 Å². The van der Waals surface area contributed by atoms with Crippen LogP contribution in [0.15, 0.2) is 30.6 Å². The summed E-state index contributed by atoms with van der Waals surface area (Å²) in [5.41, 5.74) is 2.08. The second-order valence-corrected chi connectivity index (χ2v) is 8.18. The van der Waals surface area contributed by atoms with Crippen molar-refractivity contribution < 1.29 is 13.9 Å². The van der Waals surface area contributed by atoms with Gasteiger partial charge in [-0.2, -0.15) is 5.10 Å². The maximum Gasteiger partial charge on any atom is 0.254 e. The molecule has 0 saturated carbocycles. The number of rotatable bonds is 4. The summed E-state index contributed by atoms with van der Waals surface area (Å²) in [6.45, 7) is 5.68. The number of benzene rings is 1. The Balaban J connectivity index is 1.64. The second-order valence-electron chi connectivity index (χ2n) is 8.18. The molecule has 0 radical (unpaired) electrons. The number of nitrogens with zero attached hydrogens (tertiary/aromatic N) is 4. The highest BCUT2D eigenvalue weighted by Gasteiger charge is 2.38. The van der Waals surface area contributed by atoms with Gasteiger partial charge in [0.1, 0.15) is 5.82 Å². The summed E-state index contributed by atoms with van der Waals surface area (Å²) >= 11 is 0. The molecule has 1 aromatic heterocycles. The van der Waals surface area contributed by atoms with Gasteiger partial charge in [-0.3, -0.25) is 9.48 Å². The van der Waals surface area contributed by atoms with Gasteiger partial charge < -0.3 is 14.5 Å². The van der Waals surface area contributed by atoms with Crippen LogP contribution in [0, 0.1) is 12.7 Å². The Bertz CT molecular complexity index is 842. The van der Waals surface area contributed by atoms with Crippen molar-refractivity contribution in [3.63, 3.8) is 0 Å². The number of aromatic nitrogens is 2. The number of carbonyl (C=O) groups is 1. The zero-order chi connectivity index (χ0) is 20.4. The molecule has 2 aliphatic rings. The van der Waals surface area contributed by atoms with Crippen molar-refractivity contribution in [3.05, 3.63) is 53.1 Å². The summed E-state index contributed by atoms with van der Waals surface area (Å²) in [4.78, 5) is 17.7. The van der Waals surface area contributed by atoms with E-state index in [0.29, 0.717) is 18.7 Å². The van der Waals surface area contributed by atoms with Crippen LogP contribution in [0.4, 0.5) is 4.39 Å². The van der Waals surface area contributed by atoms with Gasteiger partial charge in [-0.25, -0.2) is 4.39 Å². The van der Waals surface area contributed by atoms with E-state index < -0.39 is 0 Å². The largest absolute Gasteiger partial charge is 0.373 e. The average Bonchev–Trinajstić information content (AvgIpc) is 3.13. The molecule has 7 heteroatoms. The molecule has 2 atom stereocenters. The van der Waals surface area contributed by atoms with Gasteiger partial charge in [0.05, 0.1) is 24.9 Å². The van der Waals surface area contributed by atoms with Crippen molar-refractivity contribution in [1.29, 1.82) is 0 Å².